The lowest BCUT2D eigenvalue weighted by atomic mass is 9.95. The number of nitrogens with one attached hydrogen (secondary N) is 2. The first-order chi connectivity index (χ1) is 13.6. The van der Waals surface area contributed by atoms with Crippen LogP contribution < -0.4 is 10.6 Å². The van der Waals surface area contributed by atoms with Gasteiger partial charge in [0, 0.05) is 37.2 Å². The summed E-state index contributed by atoms with van der Waals surface area (Å²) in [6.45, 7) is 9.61. The van der Waals surface area contributed by atoms with Crippen LogP contribution in [0.5, 0.6) is 0 Å². The van der Waals surface area contributed by atoms with Crippen molar-refractivity contribution in [3.8, 4) is 0 Å². The summed E-state index contributed by atoms with van der Waals surface area (Å²) in [5.74, 6) is -1.16. The molecule has 5 nitrogen and oxygen atoms in total. The summed E-state index contributed by atoms with van der Waals surface area (Å²) in [5.41, 5.74) is -0.0628. The van der Waals surface area contributed by atoms with Gasteiger partial charge in [0.25, 0.3) is 0 Å². The number of rotatable bonds is 7. The van der Waals surface area contributed by atoms with E-state index in [1.807, 2.05) is 20.8 Å². The number of carbonyl (C=O) groups is 2. The van der Waals surface area contributed by atoms with E-state index in [-0.39, 0.29) is 17.2 Å². The van der Waals surface area contributed by atoms with Gasteiger partial charge in [0.1, 0.15) is 11.6 Å². The number of halogens is 2. The Morgan fingerprint density at radius 1 is 1.10 bits per heavy atom. The van der Waals surface area contributed by atoms with Crippen molar-refractivity contribution in [3.63, 3.8) is 0 Å². The Morgan fingerprint density at radius 2 is 1.72 bits per heavy atom. The average Bonchev–Trinajstić information content (AvgIpc) is 2.64. The van der Waals surface area contributed by atoms with Crippen LogP contribution in [0.25, 0.3) is 6.08 Å². The minimum atomic E-state index is -0.671. The maximum atomic E-state index is 13.1. The summed E-state index contributed by atoms with van der Waals surface area (Å²) in [6.07, 6.45) is 4.65. The molecule has 0 bridgehead atoms. The molecular weight excluding hydrogens is 376 g/mol. The molecule has 160 valence electrons. The zero-order valence-electron chi connectivity index (χ0n) is 17.4. The van der Waals surface area contributed by atoms with Crippen molar-refractivity contribution in [1.29, 1.82) is 0 Å². The SMILES string of the molecule is CC(C)(C)C(=O)NCCN1CCC(CNC(=O)C=Cc2cc(F)cc(F)c2)CC1. The molecule has 0 aromatic heterocycles. The smallest absolute Gasteiger partial charge is 0.244 e. The van der Waals surface area contributed by atoms with Gasteiger partial charge >= 0.3 is 0 Å². The maximum Gasteiger partial charge on any atom is 0.244 e. The van der Waals surface area contributed by atoms with E-state index in [2.05, 4.69) is 15.5 Å². The van der Waals surface area contributed by atoms with Crippen LogP contribution in [0.15, 0.2) is 24.3 Å². The molecule has 1 aliphatic rings. The summed E-state index contributed by atoms with van der Waals surface area (Å²) in [4.78, 5) is 26.1. The second-order valence-corrected chi connectivity index (χ2v) is 8.57. The van der Waals surface area contributed by atoms with Crippen molar-refractivity contribution in [2.75, 3.05) is 32.7 Å². The standard InChI is InChI=1S/C22H31F2N3O2/c1-22(2,3)21(29)25-8-11-27-9-6-16(7-10-27)15-26-20(28)5-4-17-12-18(23)14-19(24)13-17/h4-5,12-14,16H,6-11,15H2,1-3H3,(H,25,29)(H,26,28). The Bertz CT molecular complexity index is 716. The van der Waals surface area contributed by atoms with E-state index in [1.54, 1.807) is 0 Å². The Hall–Kier alpha value is -2.28. The third kappa shape index (κ3) is 8.31. The normalized spacial score (nSPS) is 16.2. The molecule has 0 aliphatic carbocycles. The molecule has 1 aromatic rings. The molecule has 0 radical (unpaired) electrons. The number of piperidine rings is 1. The van der Waals surface area contributed by atoms with Gasteiger partial charge in [-0.25, -0.2) is 8.78 Å². The Labute approximate surface area is 171 Å². The Kier molecular flexibility index (Phi) is 8.32. The minimum absolute atomic E-state index is 0.0594. The second-order valence-electron chi connectivity index (χ2n) is 8.57. The lowest BCUT2D eigenvalue weighted by Gasteiger charge is -2.32. The molecular formula is C22H31F2N3O2. The first-order valence-electron chi connectivity index (χ1n) is 10.1. The molecule has 1 heterocycles. The number of hydrogen-bond acceptors (Lipinski definition) is 3. The van der Waals surface area contributed by atoms with Crippen LogP contribution in [0.2, 0.25) is 0 Å². The number of likely N-dealkylation sites (tertiary alicyclic amines) is 1. The molecule has 1 saturated heterocycles. The van der Waals surface area contributed by atoms with E-state index in [4.69, 9.17) is 0 Å². The van der Waals surface area contributed by atoms with Gasteiger partial charge in [0.15, 0.2) is 0 Å². The topological polar surface area (TPSA) is 61.4 Å². The lowest BCUT2D eigenvalue weighted by Crippen LogP contribution is -2.43. The predicted molar refractivity (Wildman–Crippen MR) is 110 cm³/mol. The van der Waals surface area contributed by atoms with Crippen molar-refractivity contribution >= 4 is 17.9 Å². The third-order valence-electron chi connectivity index (χ3n) is 4.98. The second kappa shape index (κ2) is 10.5. The van der Waals surface area contributed by atoms with Crippen molar-refractivity contribution in [2.24, 2.45) is 11.3 Å². The molecule has 29 heavy (non-hydrogen) atoms. The molecule has 1 aliphatic heterocycles. The van der Waals surface area contributed by atoms with Gasteiger partial charge in [-0.2, -0.15) is 0 Å². The summed E-state index contributed by atoms with van der Waals surface area (Å²) in [7, 11) is 0. The van der Waals surface area contributed by atoms with Crippen LogP contribution in [0.4, 0.5) is 8.78 Å². The molecule has 2 N–H and O–H groups in total. The van der Waals surface area contributed by atoms with Crippen molar-refractivity contribution < 1.29 is 18.4 Å². The van der Waals surface area contributed by atoms with E-state index in [1.165, 1.54) is 24.3 Å². The van der Waals surface area contributed by atoms with E-state index in [9.17, 15) is 18.4 Å². The highest BCUT2D eigenvalue weighted by Gasteiger charge is 2.22. The number of carbonyl (C=O) groups excluding carboxylic acids is 2. The van der Waals surface area contributed by atoms with E-state index in [0.717, 1.165) is 38.5 Å². The summed E-state index contributed by atoms with van der Waals surface area (Å²) in [6, 6.07) is 3.14. The van der Waals surface area contributed by atoms with Gasteiger partial charge in [-0.15, -0.1) is 0 Å². The van der Waals surface area contributed by atoms with Crippen molar-refractivity contribution in [2.45, 2.75) is 33.6 Å². The summed E-state index contributed by atoms with van der Waals surface area (Å²) in [5, 5.41) is 5.82. The summed E-state index contributed by atoms with van der Waals surface area (Å²) < 4.78 is 26.3. The number of amides is 2. The van der Waals surface area contributed by atoms with Crippen LogP contribution in [-0.4, -0.2) is 49.4 Å². The van der Waals surface area contributed by atoms with E-state index in [0.29, 0.717) is 24.6 Å². The van der Waals surface area contributed by atoms with E-state index < -0.39 is 11.6 Å². The molecule has 0 atom stereocenters. The van der Waals surface area contributed by atoms with Gasteiger partial charge < -0.3 is 15.5 Å². The number of nitrogens with zero attached hydrogens (tertiary/aromatic N) is 1. The first-order valence-corrected chi connectivity index (χ1v) is 10.1. The van der Waals surface area contributed by atoms with Crippen LogP contribution in [0, 0.1) is 23.0 Å². The fourth-order valence-electron chi connectivity index (χ4n) is 3.15. The van der Waals surface area contributed by atoms with Gasteiger partial charge in [-0.1, -0.05) is 20.8 Å². The van der Waals surface area contributed by atoms with Crippen LogP contribution >= 0.6 is 0 Å². The van der Waals surface area contributed by atoms with Crippen LogP contribution in [-0.2, 0) is 9.59 Å². The molecule has 1 fully saturated rings. The van der Waals surface area contributed by atoms with Crippen LogP contribution in [0.1, 0.15) is 39.2 Å². The van der Waals surface area contributed by atoms with Crippen molar-refractivity contribution in [1.82, 2.24) is 15.5 Å². The maximum absolute atomic E-state index is 13.1. The highest BCUT2D eigenvalue weighted by molar-refractivity contribution is 5.91. The molecule has 2 rings (SSSR count). The predicted octanol–water partition coefficient (Wildman–Crippen LogP) is 2.97. The average molecular weight is 408 g/mol. The van der Waals surface area contributed by atoms with Gasteiger partial charge in [-0.3, -0.25) is 9.59 Å². The highest BCUT2D eigenvalue weighted by atomic mass is 19.1. The Balaban J connectivity index is 1.64. The van der Waals surface area contributed by atoms with Gasteiger partial charge in [-0.05, 0) is 55.6 Å². The zero-order chi connectivity index (χ0) is 21.4. The Morgan fingerprint density at radius 3 is 2.31 bits per heavy atom. The zero-order valence-corrected chi connectivity index (χ0v) is 17.4. The molecule has 0 spiro atoms. The largest absolute Gasteiger partial charge is 0.354 e. The van der Waals surface area contributed by atoms with Gasteiger partial charge in [0.2, 0.25) is 11.8 Å². The highest BCUT2D eigenvalue weighted by Crippen LogP contribution is 2.16. The molecule has 7 heteroatoms. The molecule has 1 aromatic carbocycles. The fourth-order valence-corrected chi connectivity index (χ4v) is 3.15. The van der Waals surface area contributed by atoms with Crippen molar-refractivity contribution in [3.05, 3.63) is 41.5 Å². The quantitative estimate of drug-likeness (QED) is 0.683. The summed E-state index contributed by atoms with van der Waals surface area (Å²) >= 11 is 0. The fraction of sp³-hybridized carbons (Fsp3) is 0.545. The molecule has 0 unspecified atom stereocenters. The van der Waals surface area contributed by atoms with Crippen LogP contribution in [0.3, 0.4) is 0 Å². The third-order valence-corrected chi connectivity index (χ3v) is 4.98. The number of hydrogen-bond donors (Lipinski definition) is 2. The first kappa shape index (κ1) is 23.0. The van der Waals surface area contributed by atoms with Gasteiger partial charge in [0.05, 0.1) is 0 Å². The minimum Gasteiger partial charge on any atom is -0.354 e. The number of benzene rings is 1. The monoisotopic (exact) mass is 407 g/mol. The van der Waals surface area contributed by atoms with E-state index >= 15 is 0 Å². The molecule has 2 amide bonds. The molecule has 0 saturated carbocycles. The lowest BCUT2D eigenvalue weighted by molar-refractivity contribution is -0.128.